The van der Waals surface area contributed by atoms with Gasteiger partial charge < -0.3 is 9.64 Å². The molecule has 1 fully saturated rings. The smallest absolute Gasteiger partial charge is 0.254 e. The minimum absolute atomic E-state index is 0.0784. The number of carbonyl (C=O) groups is 1. The van der Waals surface area contributed by atoms with Gasteiger partial charge in [0.15, 0.2) is 0 Å². The number of rotatable bonds is 5. The van der Waals surface area contributed by atoms with Crippen LogP contribution >= 0.6 is 11.3 Å². The van der Waals surface area contributed by atoms with E-state index < -0.39 is 0 Å². The summed E-state index contributed by atoms with van der Waals surface area (Å²) in [6, 6.07) is 18.2. The average molecular weight is 351 g/mol. The molecule has 1 aromatic heterocycles. The number of carbonyl (C=O) groups excluding carboxylic acids is 1. The van der Waals surface area contributed by atoms with Gasteiger partial charge in [-0.3, -0.25) is 4.79 Å². The van der Waals surface area contributed by atoms with E-state index in [-0.39, 0.29) is 12.0 Å². The molecule has 1 amide bonds. The zero-order valence-corrected chi connectivity index (χ0v) is 14.9. The highest BCUT2D eigenvalue weighted by Crippen LogP contribution is 2.21. The van der Waals surface area contributed by atoms with E-state index in [1.165, 1.54) is 4.88 Å². The van der Waals surface area contributed by atoms with E-state index in [1.54, 1.807) is 11.3 Å². The summed E-state index contributed by atoms with van der Waals surface area (Å²) < 4.78 is 5.77. The molecule has 0 N–H and O–H groups in total. The van der Waals surface area contributed by atoms with Crippen molar-refractivity contribution in [1.29, 1.82) is 0 Å². The molecule has 0 aliphatic carbocycles. The predicted molar refractivity (Wildman–Crippen MR) is 102 cm³/mol. The molecule has 128 valence electrons. The van der Waals surface area contributed by atoms with Crippen LogP contribution < -0.4 is 0 Å². The number of amides is 1. The van der Waals surface area contributed by atoms with Crippen LogP contribution in [0.25, 0.3) is 10.8 Å². The third kappa shape index (κ3) is 3.75. The molecule has 0 unspecified atom stereocenters. The van der Waals surface area contributed by atoms with Crippen LogP contribution in [0.1, 0.15) is 28.1 Å². The van der Waals surface area contributed by atoms with E-state index in [2.05, 4.69) is 23.6 Å². The van der Waals surface area contributed by atoms with Crippen molar-refractivity contribution >= 4 is 28.0 Å². The van der Waals surface area contributed by atoms with Crippen molar-refractivity contribution in [3.05, 3.63) is 70.4 Å². The fourth-order valence-corrected chi connectivity index (χ4v) is 4.07. The highest BCUT2D eigenvalue weighted by Gasteiger charge is 2.24. The Morgan fingerprint density at radius 2 is 2.00 bits per heavy atom. The predicted octanol–water partition coefficient (Wildman–Crippen LogP) is 4.72. The van der Waals surface area contributed by atoms with Crippen LogP contribution in [0.2, 0.25) is 0 Å². The van der Waals surface area contributed by atoms with Gasteiger partial charge in [-0.2, -0.15) is 0 Å². The summed E-state index contributed by atoms with van der Waals surface area (Å²) >= 11 is 1.69. The molecule has 25 heavy (non-hydrogen) atoms. The molecule has 1 atom stereocenters. The minimum atomic E-state index is 0.0784. The molecule has 0 spiro atoms. The average Bonchev–Trinajstić information content (AvgIpc) is 3.34. The highest BCUT2D eigenvalue weighted by atomic mass is 32.1. The summed E-state index contributed by atoms with van der Waals surface area (Å²) in [7, 11) is 0. The van der Waals surface area contributed by atoms with Gasteiger partial charge in [-0.25, -0.2) is 0 Å². The molecule has 0 radical (unpaired) electrons. The lowest BCUT2D eigenvalue weighted by Crippen LogP contribution is -2.36. The fraction of sp³-hybridized carbons (Fsp3) is 0.286. The molecule has 1 saturated heterocycles. The van der Waals surface area contributed by atoms with Crippen molar-refractivity contribution in [2.24, 2.45) is 0 Å². The zero-order valence-electron chi connectivity index (χ0n) is 14.1. The number of hydrogen-bond donors (Lipinski definition) is 0. The van der Waals surface area contributed by atoms with Crippen LogP contribution in [0.5, 0.6) is 0 Å². The van der Waals surface area contributed by atoms with Gasteiger partial charge in [-0.15, -0.1) is 11.3 Å². The van der Waals surface area contributed by atoms with Crippen LogP contribution in [0.3, 0.4) is 0 Å². The lowest BCUT2D eigenvalue weighted by Gasteiger charge is -2.25. The van der Waals surface area contributed by atoms with Crippen LogP contribution in [0, 0.1) is 0 Å². The lowest BCUT2D eigenvalue weighted by atomic mass is 10.1. The van der Waals surface area contributed by atoms with Crippen molar-refractivity contribution in [2.75, 3.05) is 13.2 Å². The van der Waals surface area contributed by atoms with Crippen molar-refractivity contribution in [2.45, 2.75) is 25.5 Å². The zero-order chi connectivity index (χ0) is 17.1. The highest BCUT2D eigenvalue weighted by molar-refractivity contribution is 7.09. The molecule has 2 aromatic carbocycles. The molecule has 2 heterocycles. The summed E-state index contributed by atoms with van der Waals surface area (Å²) in [5, 5.41) is 4.31. The van der Waals surface area contributed by atoms with Gasteiger partial charge >= 0.3 is 0 Å². The van der Waals surface area contributed by atoms with Gasteiger partial charge in [-0.05, 0) is 47.2 Å². The summed E-state index contributed by atoms with van der Waals surface area (Å²) in [6.45, 7) is 2.11. The Hall–Kier alpha value is -2.17. The monoisotopic (exact) mass is 351 g/mol. The standard InChI is InChI=1S/C21H21NO2S/c23-21(18-10-9-16-5-1-2-6-17(16)13-18)22(14-19-7-3-11-24-19)15-20-8-4-12-25-20/h1-2,4-6,8-10,12-13,19H,3,7,11,14-15H2/t19-/m1/s1. The van der Waals surface area contributed by atoms with Crippen LogP contribution in [-0.2, 0) is 11.3 Å². The van der Waals surface area contributed by atoms with Crippen molar-refractivity contribution in [3.8, 4) is 0 Å². The van der Waals surface area contributed by atoms with E-state index in [1.807, 2.05) is 41.3 Å². The van der Waals surface area contributed by atoms with Crippen LogP contribution in [0.4, 0.5) is 0 Å². The van der Waals surface area contributed by atoms with Crippen molar-refractivity contribution < 1.29 is 9.53 Å². The van der Waals surface area contributed by atoms with Crippen LogP contribution in [-0.4, -0.2) is 30.1 Å². The van der Waals surface area contributed by atoms with Gasteiger partial charge in [-0.1, -0.05) is 36.4 Å². The molecular weight excluding hydrogens is 330 g/mol. The van der Waals surface area contributed by atoms with E-state index in [0.717, 1.165) is 35.8 Å². The maximum absolute atomic E-state index is 13.2. The molecule has 1 aliphatic rings. The Kier molecular flexibility index (Phi) is 4.81. The van der Waals surface area contributed by atoms with Gasteiger partial charge in [0, 0.05) is 23.6 Å². The van der Waals surface area contributed by atoms with Crippen LogP contribution in [0.15, 0.2) is 60.0 Å². The quantitative estimate of drug-likeness (QED) is 0.665. The molecule has 4 rings (SSSR count). The summed E-state index contributed by atoms with van der Waals surface area (Å²) in [6.07, 6.45) is 2.28. The molecule has 0 saturated carbocycles. The number of hydrogen-bond acceptors (Lipinski definition) is 3. The first-order valence-electron chi connectivity index (χ1n) is 8.72. The Bertz CT molecular complexity index is 853. The topological polar surface area (TPSA) is 29.5 Å². The van der Waals surface area contributed by atoms with Gasteiger partial charge in [0.05, 0.1) is 12.6 Å². The van der Waals surface area contributed by atoms with E-state index in [0.29, 0.717) is 13.1 Å². The molecule has 1 aliphatic heterocycles. The van der Waals surface area contributed by atoms with Gasteiger partial charge in [0.1, 0.15) is 0 Å². The number of ether oxygens (including phenoxy) is 1. The number of thiophene rings is 1. The second-order valence-corrected chi connectivity index (χ2v) is 7.49. The largest absolute Gasteiger partial charge is 0.376 e. The third-order valence-corrected chi connectivity index (χ3v) is 5.52. The molecule has 3 aromatic rings. The second-order valence-electron chi connectivity index (χ2n) is 6.46. The number of nitrogens with zero attached hydrogens (tertiary/aromatic N) is 1. The Labute approximate surface area is 151 Å². The summed E-state index contributed by atoms with van der Waals surface area (Å²) in [4.78, 5) is 16.3. The Balaban J connectivity index is 1.60. The summed E-state index contributed by atoms with van der Waals surface area (Å²) in [5.41, 5.74) is 0.744. The second kappa shape index (κ2) is 7.38. The maximum atomic E-state index is 13.2. The van der Waals surface area contributed by atoms with E-state index in [9.17, 15) is 4.79 Å². The molecule has 3 nitrogen and oxygen atoms in total. The van der Waals surface area contributed by atoms with Gasteiger partial charge in [0.25, 0.3) is 5.91 Å². The first kappa shape index (κ1) is 16.3. The Morgan fingerprint density at radius 3 is 2.76 bits per heavy atom. The first-order valence-corrected chi connectivity index (χ1v) is 9.59. The minimum Gasteiger partial charge on any atom is -0.376 e. The van der Waals surface area contributed by atoms with Crippen molar-refractivity contribution in [1.82, 2.24) is 4.90 Å². The normalized spacial score (nSPS) is 17.0. The third-order valence-electron chi connectivity index (χ3n) is 4.66. The number of benzene rings is 2. The van der Waals surface area contributed by atoms with E-state index in [4.69, 9.17) is 4.74 Å². The van der Waals surface area contributed by atoms with Gasteiger partial charge in [0.2, 0.25) is 0 Å². The lowest BCUT2D eigenvalue weighted by molar-refractivity contribution is 0.0510. The SMILES string of the molecule is O=C(c1ccc2ccccc2c1)N(Cc1cccs1)C[C@H]1CCCO1. The number of fused-ring (bicyclic) bond motifs is 1. The maximum Gasteiger partial charge on any atom is 0.254 e. The molecule has 4 heteroatoms. The fourth-order valence-electron chi connectivity index (χ4n) is 3.35. The Morgan fingerprint density at radius 1 is 1.12 bits per heavy atom. The first-order chi connectivity index (χ1) is 12.3. The summed E-state index contributed by atoms with van der Waals surface area (Å²) in [5.74, 6) is 0.0784. The molecule has 0 bridgehead atoms. The molecular formula is C21H21NO2S. The van der Waals surface area contributed by atoms with Crippen molar-refractivity contribution in [3.63, 3.8) is 0 Å². The van der Waals surface area contributed by atoms with E-state index >= 15 is 0 Å².